The topological polar surface area (TPSA) is 0 Å². The maximum atomic E-state index is 5.65. The average molecular weight is 797 g/mol. The van der Waals surface area contributed by atoms with Gasteiger partial charge in [0, 0.05) is 31.3 Å². The molecule has 0 aliphatic carbocycles. The largest absolute Gasteiger partial charge is 0.122 e. The zero-order valence-corrected chi connectivity index (χ0v) is 25.4. The maximum Gasteiger partial charge on any atom is 0.0477 e. The summed E-state index contributed by atoms with van der Waals surface area (Å²) in [6.45, 7) is 0. The number of hydrogen-bond donors (Lipinski definition) is 0. The molecule has 0 radical (unpaired) electrons. The Labute approximate surface area is 235 Å². The van der Waals surface area contributed by atoms with E-state index < -0.39 is 0 Å². The molecule has 0 atom stereocenters. The second-order valence-electron chi connectivity index (χ2n) is 6.11. The monoisotopic (exact) mass is 794 g/mol. The van der Waals surface area contributed by atoms with Crippen molar-refractivity contribution in [2.45, 2.75) is 31.3 Å². The van der Waals surface area contributed by atoms with Gasteiger partial charge in [-0.15, -0.1) is 23.2 Å². The summed E-state index contributed by atoms with van der Waals surface area (Å²) < 4.78 is 2.24. The molecule has 0 heterocycles. The van der Waals surface area contributed by atoms with Gasteiger partial charge in [0.15, 0.2) is 0 Å². The lowest BCUT2D eigenvalue weighted by Crippen LogP contribution is -1.85. The van der Waals surface area contributed by atoms with E-state index in [9.17, 15) is 0 Å². The summed E-state index contributed by atoms with van der Waals surface area (Å²) in [5, 5.41) is 1.88. The van der Waals surface area contributed by atoms with Gasteiger partial charge in [-0.2, -0.15) is 0 Å². The molecule has 0 nitrogen and oxygen atoms in total. The molecular formula is C24H24Br2Cl2I2. The first-order chi connectivity index (χ1) is 14.6. The Morgan fingerprint density at radius 2 is 0.767 bits per heavy atom. The van der Waals surface area contributed by atoms with Crippen LogP contribution in [0.2, 0.25) is 0 Å². The fraction of sp³-hybridized carbons (Fsp3) is 0.250. The highest BCUT2D eigenvalue weighted by molar-refractivity contribution is 14.1. The molecule has 0 bridgehead atoms. The minimum atomic E-state index is 0.545. The zero-order chi connectivity index (χ0) is 22.2. The van der Waals surface area contributed by atoms with Crippen LogP contribution in [-0.4, -0.2) is 0 Å². The number of hydrogen-bond acceptors (Lipinski definition) is 0. The van der Waals surface area contributed by atoms with Gasteiger partial charge in [-0.1, -0.05) is 150 Å². The van der Waals surface area contributed by atoms with Crippen LogP contribution >= 0.6 is 100 Å². The van der Waals surface area contributed by atoms with Gasteiger partial charge in [0.05, 0.1) is 0 Å². The maximum absolute atomic E-state index is 5.65. The molecule has 0 unspecified atom stereocenters. The van der Waals surface area contributed by atoms with Crippen molar-refractivity contribution in [1.82, 2.24) is 0 Å². The van der Waals surface area contributed by atoms with E-state index in [0.29, 0.717) is 11.8 Å². The summed E-state index contributed by atoms with van der Waals surface area (Å²) in [6.07, 6.45) is 0. The fourth-order valence-corrected chi connectivity index (χ4v) is 5.56. The van der Waals surface area contributed by atoms with Gasteiger partial charge in [0.25, 0.3) is 0 Å². The molecule has 6 heteroatoms. The first-order valence-electron chi connectivity index (χ1n) is 9.21. The molecule has 30 heavy (non-hydrogen) atoms. The summed E-state index contributed by atoms with van der Waals surface area (Å²) in [5.41, 5.74) is 7.91. The number of benzene rings is 3. The molecule has 162 valence electrons. The lowest BCUT2D eigenvalue weighted by atomic mass is 10.1. The van der Waals surface area contributed by atoms with Crippen LogP contribution in [0.1, 0.15) is 33.4 Å². The van der Waals surface area contributed by atoms with Gasteiger partial charge in [-0.3, -0.25) is 0 Å². The summed E-state index contributed by atoms with van der Waals surface area (Å²) in [6, 6.07) is 24.9. The van der Waals surface area contributed by atoms with Crippen molar-refractivity contribution < 1.29 is 0 Å². The van der Waals surface area contributed by atoms with Crippen molar-refractivity contribution in [3.63, 3.8) is 0 Å². The Morgan fingerprint density at radius 3 is 1.00 bits per heavy atom. The fourth-order valence-electron chi connectivity index (χ4n) is 2.45. The van der Waals surface area contributed by atoms with E-state index in [-0.39, 0.29) is 0 Å². The minimum Gasteiger partial charge on any atom is -0.122 e. The van der Waals surface area contributed by atoms with Crippen LogP contribution < -0.4 is 0 Å². The van der Waals surface area contributed by atoms with E-state index >= 15 is 0 Å². The first kappa shape index (κ1) is 28.7. The van der Waals surface area contributed by atoms with Crippen LogP contribution in [0.3, 0.4) is 0 Å². The van der Waals surface area contributed by atoms with E-state index in [4.69, 9.17) is 23.2 Å². The highest BCUT2D eigenvalue weighted by atomic mass is 127. The molecule has 0 amide bonds. The Bertz CT molecular complexity index is 678. The molecule has 3 rings (SSSR count). The summed E-state index contributed by atoms with van der Waals surface area (Å²) in [7, 11) is 0. The smallest absolute Gasteiger partial charge is 0.0477 e. The number of alkyl halides is 6. The standard InChI is InChI=1S/C8H8Br2.C8H8Cl2.C8H8I2/c3*9-5-7-3-1-2-4-8(7)6-10/h3*1-4H,5-6H2. The summed E-state index contributed by atoms with van der Waals surface area (Å²) in [4.78, 5) is 0. The predicted molar refractivity (Wildman–Crippen MR) is 159 cm³/mol. The third-order valence-corrected chi connectivity index (χ3v) is 7.65. The van der Waals surface area contributed by atoms with Crippen molar-refractivity contribution >= 4 is 100 Å². The van der Waals surface area contributed by atoms with E-state index in [1.54, 1.807) is 0 Å². The summed E-state index contributed by atoms with van der Waals surface area (Å²) in [5.74, 6) is 1.09. The molecule has 0 aliphatic heterocycles. The van der Waals surface area contributed by atoms with Gasteiger partial charge in [-0.05, 0) is 33.4 Å². The molecule has 0 aliphatic rings. The lowest BCUT2D eigenvalue weighted by molar-refractivity contribution is 1.27. The van der Waals surface area contributed by atoms with Gasteiger partial charge in [0.2, 0.25) is 0 Å². The molecule has 0 N–H and O–H groups in total. The molecule has 0 aromatic heterocycles. The second kappa shape index (κ2) is 18.1. The SMILES string of the molecule is BrCc1ccccc1CBr.ClCc1ccccc1CCl.ICc1ccccc1CI. The average Bonchev–Trinajstić information content (AvgIpc) is 2.84. The zero-order valence-electron chi connectivity index (χ0n) is 16.4. The van der Waals surface area contributed by atoms with Crippen LogP contribution in [0.15, 0.2) is 72.8 Å². The Balaban J connectivity index is 0.000000225. The van der Waals surface area contributed by atoms with E-state index in [2.05, 4.69) is 126 Å². The van der Waals surface area contributed by atoms with Gasteiger partial charge in [0.1, 0.15) is 0 Å². The third kappa shape index (κ3) is 10.5. The number of rotatable bonds is 6. The Morgan fingerprint density at radius 1 is 0.500 bits per heavy atom. The van der Waals surface area contributed by atoms with Crippen LogP contribution in [0.5, 0.6) is 0 Å². The molecule has 0 saturated carbocycles. The van der Waals surface area contributed by atoms with Gasteiger partial charge in [-0.25, -0.2) is 0 Å². The predicted octanol–water partition coefficient (Wildman–Crippen LogP) is 10.2. The Hall–Kier alpha value is 0.660. The van der Waals surface area contributed by atoms with Crippen LogP contribution in [0, 0.1) is 0 Å². The van der Waals surface area contributed by atoms with E-state index in [0.717, 1.165) is 30.6 Å². The summed E-state index contributed by atoms with van der Waals surface area (Å²) >= 11 is 23.0. The highest BCUT2D eigenvalue weighted by Gasteiger charge is 1.97. The van der Waals surface area contributed by atoms with Crippen molar-refractivity contribution in [3.05, 3.63) is 106 Å². The van der Waals surface area contributed by atoms with Gasteiger partial charge >= 0.3 is 0 Å². The molecule has 0 fully saturated rings. The normalized spacial score (nSPS) is 9.80. The van der Waals surface area contributed by atoms with Crippen molar-refractivity contribution in [1.29, 1.82) is 0 Å². The minimum absolute atomic E-state index is 0.545. The molecule has 0 saturated heterocycles. The van der Waals surface area contributed by atoms with Crippen LogP contribution in [-0.2, 0) is 31.3 Å². The first-order valence-corrected chi connectivity index (χ1v) is 15.6. The van der Waals surface area contributed by atoms with E-state index in [1.807, 2.05) is 24.3 Å². The highest BCUT2D eigenvalue weighted by Crippen LogP contribution is 2.16. The Kier molecular flexibility index (Phi) is 17.3. The van der Waals surface area contributed by atoms with Crippen LogP contribution in [0.4, 0.5) is 0 Å². The quantitative estimate of drug-likeness (QED) is 0.172. The van der Waals surface area contributed by atoms with Crippen molar-refractivity contribution in [2.24, 2.45) is 0 Å². The second-order valence-corrected chi connectivity index (χ2v) is 9.29. The molecule has 3 aromatic carbocycles. The molecular weight excluding hydrogens is 773 g/mol. The van der Waals surface area contributed by atoms with Crippen molar-refractivity contribution in [2.75, 3.05) is 0 Å². The number of halogens is 6. The molecule has 0 spiro atoms. The van der Waals surface area contributed by atoms with Crippen molar-refractivity contribution in [3.8, 4) is 0 Å². The van der Waals surface area contributed by atoms with E-state index in [1.165, 1.54) is 22.3 Å². The lowest BCUT2D eigenvalue weighted by Gasteiger charge is -2.00. The van der Waals surface area contributed by atoms with Crippen LogP contribution in [0.25, 0.3) is 0 Å². The third-order valence-electron chi connectivity index (χ3n) is 4.22. The molecule has 3 aromatic rings. The van der Waals surface area contributed by atoms with Gasteiger partial charge < -0.3 is 0 Å².